The van der Waals surface area contributed by atoms with Crippen LogP contribution in [0, 0.1) is 0 Å². The third-order valence-corrected chi connectivity index (χ3v) is 7.83. The van der Waals surface area contributed by atoms with Crippen LogP contribution in [0.3, 0.4) is 0 Å². The Balaban J connectivity index is 0.00000175. The number of nitrogens with zero attached hydrogens (tertiary/aromatic N) is 4. The zero-order valence-electron chi connectivity index (χ0n) is 26.1. The number of anilines is 1. The molecule has 2 heterocycles. The van der Waals surface area contributed by atoms with Gasteiger partial charge < -0.3 is 0 Å². The van der Waals surface area contributed by atoms with E-state index < -0.39 is 0 Å². The number of aromatic nitrogens is 3. The van der Waals surface area contributed by atoms with Crippen LogP contribution in [0.1, 0.15) is 60.9 Å². The topological polar surface area (TPSA) is 76.1 Å². The summed E-state index contributed by atoms with van der Waals surface area (Å²) in [6.45, 7) is 10.6. The fourth-order valence-corrected chi connectivity index (χ4v) is 5.49. The summed E-state index contributed by atoms with van der Waals surface area (Å²) in [6, 6.07) is 36.4. The first-order valence-corrected chi connectivity index (χ1v) is 15.2. The molecule has 1 aliphatic rings. The Hall–Kier alpha value is -5.49. The number of hydrogen-bond donors (Lipinski definition) is 0. The molecule has 1 aliphatic heterocycles. The minimum absolute atomic E-state index is 0.0332. The Kier molecular flexibility index (Phi) is 7.81. The zero-order valence-corrected chi connectivity index (χ0v) is 26.1. The summed E-state index contributed by atoms with van der Waals surface area (Å²) in [6.07, 6.45) is 0. The van der Waals surface area contributed by atoms with E-state index in [4.69, 9.17) is 15.0 Å². The summed E-state index contributed by atoms with van der Waals surface area (Å²) in [5, 5.41) is 1.58. The van der Waals surface area contributed by atoms with Crippen molar-refractivity contribution >= 4 is 28.3 Å². The highest BCUT2D eigenvalue weighted by Crippen LogP contribution is 2.34. The Morgan fingerprint density at radius 1 is 0.511 bits per heavy atom. The summed E-state index contributed by atoms with van der Waals surface area (Å²) >= 11 is 0. The van der Waals surface area contributed by atoms with Gasteiger partial charge in [-0.1, -0.05) is 113 Å². The second kappa shape index (κ2) is 11.9. The molecular formula is C39H34N4O2. The maximum atomic E-state index is 13.5. The summed E-state index contributed by atoms with van der Waals surface area (Å²) in [5.74, 6) is 0.959. The lowest BCUT2D eigenvalue weighted by Gasteiger charge is -2.27. The average Bonchev–Trinajstić information content (AvgIpc) is 3.08. The van der Waals surface area contributed by atoms with Crippen LogP contribution >= 0.6 is 0 Å². The van der Waals surface area contributed by atoms with Crippen molar-refractivity contribution < 1.29 is 9.59 Å². The minimum Gasteiger partial charge on any atom is -0.268 e. The number of carbonyl (C=O) groups excluding carboxylic acids is 2. The predicted molar refractivity (Wildman–Crippen MR) is 181 cm³/mol. The van der Waals surface area contributed by atoms with Gasteiger partial charge in [0.1, 0.15) is 0 Å². The molecule has 45 heavy (non-hydrogen) atoms. The summed E-state index contributed by atoms with van der Waals surface area (Å²) in [7, 11) is 0. The van der Waals surface area contributed by atoms with Gasteiger partial charge >= 0.3 is 0 Å². The van der Waals surface area contributed by atoms with E-state index in [2.05, 4.69) is 32.9 Å². The van der Waals surface area contributed by atoms with E-state index in [1.807, 2.05) is 92.7 Å². The molecule has 2 amide bonds. The SMILES string of the molecule is CC.CC(C)(C)c1ccc(-c2nc(-c3ccccc3)nc(-c3ccc(N4C(=O)c5cccc6cccc(c56)C4=O)cc3)n2)cc1. The average molecular weight is 591 g/mol. The van der Waals surface area contributed by atoms with Gasteiger partial charge in [-0.2, -0.15) is 0 Å². The molecule has 0 saturated carbocycles. The van der Waals surface area contributed by atoms with Gasteiger partial charge in [-0.3, -0.25) is 9.59 Å². The molecule has 1 aromatic heterocycles. The second-order valence-corrected chi connectivity index (χ2v) is 11.7. The molecule has 7 rings (SSSR count). The van der Waals surface area contributed by atoms with Gasteiger partial charge in [0.25, 0.3) is 11.8 Å². The van der Waals surface area contributed by atoms with Crippen molar-refractivity contribution in [1.82, 2.24) is 15.0 Å². The molecule has 6 nitrogen and oxygen atoms in total. The van der Waals surface area contributed by atoms with Crippen LogP contribution in [0.2, 0.25) is 0 Å². The lowest BCUT2D eigenvalue weighted by Crippen LogP contribution is -2.40. The van der Waals surface area contributed by atoms with Gasteiger partial charge in [0.2, 0.25) is 0 Å². The molecule has 5 aromatic carbocycles. The number of imide groups is 1. The van der Waals surface area contributed by atoms with Crippen molar-refractivity contribution in [2.24, 2.45) is 0 Å². The van der Waals surface area contributed by atoms with Gasteiger partial charge in [0, 0.05) is 33.2 Å². The highest BCUT2D eigenvalue weighted by molar-refractivity contribution is 6.35. The van der Waals surface area contributed by atoms with Crippen molar-refractivity contribution in [1.29, 1.82) is 0 Å². The normalized spacial score (nSPS) is 12.6. The van der Waals surface area contributed by atoms with E-state index in [-0.39, 0.29) is 17.2 Å². The number of amides is 2. The molecule has 0 atom stereocenters. The van der Waals surface area contributed by atoms with E-state index in [0.717, 1.165) is 22.1 Å². The van der Waals surface area contributed by atoms with Crippen LogP contribution in [0.4, 0.5) is 5.69 Å². The predicted octanol–water partition coefficient (Wildman–Crippen LogP) is 9.15. The molecule has 222 valence electrons. The Morgan fingerprint density at radius 3 is 1.42 bits per heavy atom. The third kappa shape index (κ3) is 5.51. The molecule has 0 aliphatic carbocycles. The highest BCUT2D eigenvalue weighted by Gasteiger charge is 2.33. The molecule has 0 unspecified atom stereocenters. The summed E-state index contributed by atoms with van der Waals surface area (Å²) < 4.78 is 0. The van der Waals surface area contributed by atoms with Gasteiger partial charge in [0.15, 0.2) is 17.5 Å². The quantitative estimate of drug-likeness (QED) is 0.191. The zero-order chi connectivity index (χ0) is 31.7. The maximum Gasteiger partial charge on any atom is 0.265 e. The maximum absolute atomic E-state index is 13.5. The summed E-state index contributed by atoms with van der Waals surface area (Å²) in [4.78, 5) is 42.8. The molecule has 0 radical (unpaired) electrons. The third-order valence-electron chi connectivity index (χ3n) is 7.83. The van der Waals surface area contributed by atoms with Crippen molar-refractivity contribution in [3.8, 4) is 34.2 Å². The van der Waals surface area contributed by atoms with Crippen molar-refractivity contribution in [3.63, 3.8) is 0 Å². The summed E-state index contributed by atoms with van der Waals surface area (Å²) in [5.41, 5.74) is 5.30. The van der Waals surface area contributed by atoms with Crippen LogP contribution in [0.25, 0.3) is 44.9 Å². The Bertz CT molecular complexity index is 1980. The fourth-order valence-electron chi connectivity index (χ4n) is 5.49. The second-order valence-electron chi connectivity index (χ2n) is 11.7. The lowest BCUT2D eigenvalue weighted by molar-refractivity contribution is 0.0893. The molecule has 0 saturated heterocycles. The van der Waals surface area contributed by atoms with Gasteiger partial charge in [0.05, 0.1) is 5.69 Å². The number of carbonyl (C=O) groups is 2. The monoisotopic (exact) mass is 590 g/mol. The van der Waals surface area contributed by atoms with Gasteiger partial charge in [-0.25, -0.2) is 19.9 Å². The molecular weight excluding hydrogens is 556 g/mol. The van der Waals surface area contributed by atoms with Crippen LogP contribution in [0.5, 0.6) is 0 Å². The van der Waals surface area contributed by atoms with Crippen LogP contribution < -0.4 is 4.90 Å². The Morgan fingerprint density at radius 2 is 0.956 bits per heavy atom. The van der Waals surface area contributed by atoms with E-state index in [1.54, 1.807) is 24.3 Å². The lowest BCUT2D eigenvalue weighted by atomic mass is 9.87. The van der Waals surface area contributed by atoms with Crippen molar-refractivity contribution in [2.75, 3.05) is 4.90 Å². The highest BCUT2D eigenvalue weighted by atomic mass is 16.2. The van der Waals surface area contributed by atoms with Crippen LogP contribution in [-0.2, 0) is 5.41 Å². The van der Waals surface area contributed by atoms with Crippen LogP contribution in [0.15, 0.2) is 115 Å². The first kappa shape index (κ1) is 29.6. The molecule has 0 spiro atoms. The molecule has 6 heteroatoms. The number of rotatable bonds is 4. The van der Waals surface area contributed by atoms with E-state index in [9.17, 15) is 9.59 Å². The number of benzene rings is 5. The smallest absolute Gasteiger partial charge is 0.265 e. The molecule has 6 aromatic rings. The molecule has 0 N–H and O–H groups in total. The fraction of sp³-hybridized carbons (Fsp3) is 0.154. The minimum atomic E-state index is -0.338. The van der Waals surface area contributed by atoms with Crippen molar-refractivity contribution in [3.05, 3.63) is 132 Å². The van der Waals surface area contributed by atoms with E-state index in [0.29, 0.717) is 39.7 Å². The number of hydrogen-bond acceptors (Lipinski definition) is 5. The van der Waals surface area contributed by atoms with Gasteiger partial charge in [-0.05, 0) is 52.8 Å². The van der Waals surface area contributed by atoms with E-state index >= 15 is 0 Å². The first-order chi connectivity index (χ1) is 21.8. The van der Waals surface area contributed by atoms with Gasteiger partial charge in [-0.15, -0.1) is 0 Å². The standard InChI is InChI=1S/C37H28N4O2.C2H6/c1-37(2,3)27-19-15-25(16-20-27)33-38-32(24-9-5-4-6-10-24)39-34(40-33)26-17-21-28(22-18-26)41-35(42)29-13-7-11-23-12-8-14-30(31(23)29)36(41)43;1-2/h4-22H,1-3H3;1-2H3. The van der Waals surface area contributed by atoms with Crippen LogP contribution in [-0.4, -0.2) is 26.8 Å². The first-order valence-electron chi connectivity index (χ1n) is 15.2. The molecule has 0 fully saturated rings. The Labute approximate surface area is 263 Å². The van der Waals surface area contributed by atoms with E-state index in [1.165, 1.54) is 10.5 Å². The largest absolute Gasteiger partial charge is 0.268 e. The molecule has 0 bridgehead atoms. The van der Waals surface area contributed by atoms with Crippen molar-refractivity contribution in [2.45, 2.75) is 40.0 Å².